The number of hydrogen-bond acceptors (Lipinski definition) is 5. The van der Waals surface area contributed by atoms with E-state index in [1.807, 2.05) is 12.1 Å². The molecule has 1 N–H and O–H groups in total. The molecule has 0 fully saturated rings. The van der Waals surface area contributed by atoms with E-state index < -0.39 is 0 Å². The maximum absolute atomic E-state index is 5.93. The molecule has 1 unspecified atom stereocenters. The number of rotatable bonds is 11. The van der Waals surface area contributed by atoms with Crippen molar-refractivity contribution in [3.05, 3.63) is 82.0 Å². The topological polar surface area (TPSA) is 33.7 Å². The molecule has 0 aliphatic carbocycles. The summed E-state index contributed by atoms with van der Waals surface area (Å²) < 4.78 is 11.5. The largest absolute Gasteiger partial charge is 0.493 e. The molecule has 0 amide bonds. The van der Waals surface area contributed by atoms with E-state index in [1.54, 1.807) is 18.4 Å². The summed E-state index contributed by atoms with van der Waals surface area (Å²) in [5, 5.41) is 5.65. The standard InChI is InChI=1S/C24H30N2O2S/c1-26(2)21(14-19-8-5-4-6-9-19)17-25-16-20-11-12-23(24(15-20)27-3)28-18-22-10-7-13-29-22/h4-13,15,21,25H,14,16-18H2,1-3H3. The number of ether oxygens (including phenoxy) is 2. The average molecular weight is 411 g/mol. The first kappa shape index (κ1) is 21.4. The minimum absolute atomic E-state index is 0.438. The molecule has 0 aliphatic heterocycles. The molecule has 1 aromatic heterocycles. The van der Waals surface area contributed by atoms with Crippen molar-refractivity contribution in [1.29, 1.82) is 0 Å². The van der Waals surface area contributed by atoms with Gasteiger partial charge in [-0.3, -0.25) is 0 Å². The highest BCUT2D eigenvalue weighted by atomic mass is 32.1. The molecular weight excluding hydrogens is 380 g/mol. The fourth-order valence-corrected chi connectivity index (χ4v) is 3.81. The Kier molecular flexibility index (Phi) is 8.11. The summed E-state index contributed by atoms with van der Waals surface area (Å²) in [6.07, 6.45) is 1.03. The molecular formula is C24H30N2O2S. The Morgan fingerprint density at radius 3 is 2.48 bits per heavy atom. The van der Waals surface area contributed by atoms with Crippen LogP contribution in [0.2, 0.25) is 0 Å². The molecule has 0 radical (unpaired) electrons. The molecule has 5 heteroatoms. The fraction of sp³-hybridized carbons (Fsp3) is 0.333. The molecule has 3 aromatic rings. The van der Waals surface area contributed by atoms with Gasteiger partial charge in [-0.15, -0.1) is 11.3 Å². The Morgan fingerprint density at radius 2 is 1.79 bits per heavy atom. The second-order valence-corrected chi connectivity index (χ2v) is 8.32. The van der Waals surface area contributed by atoms with Crippen LogP contribution in [0.3, 0.4) is 0 Å². The van der Waals surface area contributed by atoms with Crippen LogP contribution in [0.15, 0.2) is 66.0 Å². The van der Waals surface area contributed by atoms with Crippen molar-refractivity contribution in [2.24, 2.45) is 0 Å². The van der Waals surface area contributed by atoms with Gasteiger partial charge in [-0.25, -0.2) is 0 Å². The van der Waals surface area contributed by atoms with Gasteiger partial charge in [0.2, 0.25) is 0 Å². The predicted octanol–water partition coefficient (Wildman–Crippen LogP) is 4.60. The average Bonchev–Trinajstić information content (AvgIpc) is 3.26. The third-order valence-corrected chi connectivity index (χ3v) is 5.78. The minimum Gasteiger partial charge on any atom is -0.493 e. The maximum Gasteiger partial charge on any atom is 0.161 e. The van der Waals surface area contributed by atoms with Gasteiger partial charge >= 0.3 is 0 Å². The number of benzene rings is 2. The third kappa shape index (κ3) is 6.60. The van der Waals surface area contributed by atoms with Gasteiger partial charge in [0.25, 0.3) is 0 Å². The first-order valence-corrected chi connectivity index (χ1v) is 10.8. The second kappa shape index (κ2) is 11.0. The van der Waals surface area contributed by atoms with Crippen LogP contribution in [0, 0.1) is 0 Å². The number of methoxy groups -OCH3 is 1. The number of hydrogen-bond donors (Lipinski definition) is 1. The molecule has 154 valence electrons. The van der Waals surface area contributed by atoms with Crippen molar-refractivity contribution in [2.75, 3.05) is 27.7 Å². The van der Waals surface area contributed by atoms with Crippen molar-refractivity contribution in [3.8, 4) is 11.5 Å². The van der Waals surface area contributed by atoms with Crippen molar-refractivity contribution in [3.63, 3.8) is 0 Å². The molecule has 1 heterocycles. The monoisotopic (exact) mass is 410 g/mol. The van der Waals surface area contributed by atoms with Gasteiger partial charge in [-0.2, -0.15) is 0 Å². The van der Waals surface area contributed by atoms with Gasteiger partial charge < -0.3 is 19.7 Å². The quantitative estimate of drug-likeness (QED) is 0.501. The summed E-state index contributed by atoms with van der Waals surface area (Å²) >= 11 is 1.70. The predicted molar refractivity (Wildman–Crippen MR) is 121 cm³/mol. The molecule has 3 rings (SSSR count). The normalized spacial score (nSPS) is 12.1. The maximum atomic E-state index is 5.93. The molecule has 0 saturated carbocycles. The van der Waals surface area contributed by atoms with Crippen LogP contribution in [0.1, 0.15) is 16.0 Å². The highest BCUT2D eigenvalue weighted by Gasteiger charge is 2.12. The Labute approximate surface area is 178 Å². The second-order valence-electron chi connectivity index (χ2n) is 7.29. The molecule has 0 saturated heterocycles. The highest BCUT2D eigenvalue weighted by Crippen LogP contribution is 2.29. The van der Waals surface area contributed by atoms with E-state index in [1.165, 1.54) is 16.0 Å². The van der Waals surface area contributed by atoms with E-state index in [4.69, 9.17) is 9.47 Å². The van der Waals surface area contributed by atoms with Crippen LogP contribution in [-0.4, -0.2) is 38.7 Å². The summed E-state index contributed by atoms with van der Waals surface area (Å²) in [5.74, 6) is 1.55. The van der Waals surface area contributed by atoms with E-state index >= 15 is 0 Å². The smallest absolute Gasteiger partial charge is 0.161 e. The van der Waals surface area contributed by atoms with Crippen molar-refractivity contribution in [2.45, 2.75) is 25.6 Å². The lowest BCUT2D eigenvalue weighted by Gasteiger charge is -2.25. The van der Waals surface area contributed by atoms with Crippen LogP contribution in [0.25, 0.3) is 0 Å². The number of nitrogens with zero attached hydrogens (tertiary/aromatic N) is 1. The molecule has 0 bridgehead atoms. The zero-order valence-corrected chi connectivity index (χ0v) is 18.2. The van der Waals surface area contributed by atoms with Crippen LogP contribution in [-0.2, 0) is 19.6 Å². The fourth-order valence-electron chi connectivity index (χ4n) is 3.19. The van der Waals surface area contributed by atoms with Gasteiger partial charge in [-0.1, -0.05) is 42.5 Å². The molecule has 29 heavy (non-hydrogen) atoms. The Hall–Kier alpha value is -2.34. The van der Waals surface area contributed by atoms with Crippen molar-refractivity contribution in [1.82, 2.24) is 10.2 Å². The van der Waals surface area contributed by atoms with Gasteiger partial charge in [0, 0.05) is 24.0 Å². The van der Waals surface area contributed by atoms with Crippen molar-refractivity contribution >= 4 is 11.3 Å². The number of likely N-dealkylation sites (N-methyl/N-ethyl adjacent to an activating group) is 1. The van der Waals surface area contributed by atoms with Gasteiger partial charge in [-0.05, 0) is 55.2 Å². The summed E-state index contributed by atoms with van der Waals surface area (Å²) in [6, 6.07) is 21.3. The van der Waals surface area contributed by atoms with Crippen LogP contribution in [0.4, 0.5) is 0 Å². The summed E-state index contributed by atoms with van der Waals surface area (Å²) in [4.78, 5) is 3.48. The van der Waals surface area contributed by atoms with Crippen LogP contribution >= 0.6 is 11.3 Å². The summed E-state index contributed by atoms with van der Waals surface area (Å²) in [6.45, 7) is 2.27. The van der Waals surface area contributed by atoms with Gasteiger partial charge in [0.05, 0.1) is 7.11 Å². The first-order valence-electron chi connectivity index (χ1n) is 9.89. The third-order valence-electron chi connectivity index (χ3n) is 4.93. The lowest BCUT2D eigenvalue weighted by Crippen LogP contribution is -2.39. The summed E-state index contributed by atoms with van der Waals surface area (Å²) in [5.41, 5.74) is 2.55. The van der Waals surface area contributed by atoms with E-state index in [-0.39, 0.29) is 0 Å². The minimum atomic E-state index is 0.438. The van der Waals surface area contributed by atoms with E-state index in [2.05, 4.69) is 78.2 Å². The first-order chi connectivity index (χ1) is 14.2. The Balaban J connectivity index is 1.53. The zero-order valence-electron chi connectivity index (χ0n) is 17.4. The van der Waals surface area contributed by atoms with E-state index in [9.17, 15) is 0 Å². The van der Waals surface area contributed by atoms with Crippen molar-refractivity contribution < 1.29 is 9.47 Å². The number of nitrogens with one attached hydrogen (secondary N) is 1. The van der Waals surface area contributed by atoms with E-state index in [0.29, 0.717) is 12.6 Å². The highest BCUT2D eigenvalue weighted by molar-refractivity contribution is 7.09. The molecule has 2 aromatic carbocycles. The number of thiophene rings is 1. The Morgan fingerprint density at radius 1 is 0.966 bits per heavy atom. The summed E-state index contributed by atoms with van der Waals surface area (Å²) in [7, 11) is 5.96. The van der Waals surface area contributed by atoms with Gasteiger partial charge in [0.1, 0.15) is 6.61 Å². The van der Waals surface area contributed by atoms with E-state index in [0.717, 1.165) is 31.0 Å². The Bertz CT molecular complexity index is 851. The molecule has 1 atom stereocenters. The van der Waals surface area contributed by atoms with Gasteiger partial charge in [0.15, 0.2) is 11.5 Å². The lowest BCUT2D eigenvalue weighted by molar-refractivity contribution is 0.280. The molecule has 0 aliphatic rings. The van der Waals surface area contributed by atoms with Crippen LogP contribution < -0.4 is 14.8 Å². The lowest BCUT2D eigenvalue weighted by atomic mass is 10.1. The zero-order chi connectivity index (χ0) is 20.5. The molecule has 0 spiro atoms. The molecule has 4 nitrogen and oxygen atoms in total. The SMILES string of the molecule is COc1cc(CNCC(Cc2ccccc2)N(C)C)ccc1OCc1cccs1. The van der Waals surface area contributed by atoms with Crippen LogP contribution in [0.5, 0.6) is 11.5 Å².